The largest absolute Gasteiger partial charge is 0.508 e. The fourth-order valence-corrected chi connectivity index (χ4v) is 3.07. The molecule has 4 nitrogen and oxygen atoms in total. The molecule has 0 aliphatic heterocycles. The van der Waals surface area contributed by atoms with Crippen LogP contribution < -0.4 is 5.32 Å². The van der Waals surface area contributed by atoms with Gasteiger partial charge in [0.1, 0.15) is 11.5 Å². The lowest BCUT2D eigenvalue weighted by Gasteiger charge is -2.06. The summed E-state index contributed by atoms with van der Waals surface area (Å²) in [5.41, 5.74) is 1.64. The lowest BCUT2D eigenvalue weighted by Crippen LogP contribution is -2.08. The van der Waals surface area contributed by atoms with E-state index in [4.69, 9.17) is 0 Å². The zero-order chi connectivity index (χ0) is 15.0. The minimum atomic E-state index is 0.180. The standard InChI is InChI=1S/C16H16N2O2S/c1-9(2)17-16-18-14(8-21-16)11-5-10-6-12(19)3-4-13(10)15(20)7-11/h3-9,19-20H,1-2H3,(H,17,18). The van der Waals surface area contributed by atoms with E-state index < -0.39 is 0 Å². The van der Waals surface area contributed by atoms with E-state index in [0.717, 1.165) is 21.8 Å². The van der Waals surface area contributed by atoms with Gasteiger partial charge in [-0.25, -0.2) is 4.98 Å². The van der Waals surface area contributed by atoms with Crippen LogP contribution in [0.1, 0.15) is 13.8 Å². The second-order valence-corrected chi connectivity index (χ2v) is 6.10. The molecule has 0 saturated carbocycles. The summed E-state index contributed by atoms with van der Waals surface area (Å²) in [6.45, 7) is 4.12. The molecule has 2 aromatic carbocycles. The van der Waals surface area contributed by atoms with Crippen molar-refractivity contribution >= 4 is 27.2 Å². The molecule has 0 aliphatic rings. The summed E-state index contributed by atoms with van der Waals surface area (Å²) in [7, 11) is 0. The number of thiazole rings is 1. The van der Waals surface area contributed by atoms with Crippen LogP contribution in [0.15, 0.2) is 35.7 Å². The predicted octanol–water partition coefficient (Wildman–Crippen LogP) is 4.19. The van der Waals surface area contributed by atoms with Crippen LogP contribution in [-0.2, 0) is 0 Å². The third kappa shape index (κ3) is 2.78. The van der Waals surface area contributed by atoms with Gasteiger partial charge >= 0.3 is 0 Å². The second-order valence-electron chi connectivity index (χ2n) is 5.24. The number of rotatable bonds is 3. The molecule has 5 heteroatoms. The van der Waals surface area contributed by atoms with Crippen molar-refractivity contribution < 1.29 is 10.2 Å². The molecule has 0 atom stereocenters. The van der Waals surface area contributed by atoms with Crippen molar-refractivity contribution in [3.63, 3.8) is 0 Å². The van der Waals surface area contributed by atoms with E-state index in [2.05, 4.69) is 24.1 Å². The number of aromatic nitrogens is 1. The summed E-state index contributed by atoms with van der Waals surface area (Å²) in [6, 6.07) is 8.85. The van der Waals surface area contributed by atoms with Gasteiger partial charge in [0.05, 0.1) is 5.69 Å². The molecular weight excluding hydrogens is 284 g/mol. The highest BCUT2D eigenvalue weighted by molar-refractivity contribution is 7.14. The summed E-state index contributed by atoms with van der Waals surface area (Å²) >= 11 is 1.53. The van der Waals surface area contributed by atoms with Crippen LogP contribution in [0.4, 0.5) is 5.13 Å². The number of fused-ring (bicyclic) bond motifs is 1. The molecule has 0 saturated heterocycles. The van der Waals surface area contributed by atoms with Gasteiger partial charge in [0.15, 0.2) is 5.13 Å². The predicted molar refractivity (Wildman–Crippen MR) is 87.1 cm³/mol. The Labute approximate surface area is 126 Å². The van der Waals surface area contributed by atoms with E-state index in [1.807, 2.05) is 11.4 Å². The van der Waals surface area contributed by atoms with Crippen LogP contribution in [-0.4, -0.2) is 21.2 Å². The van der Waals surface area contributed by atoms with Gasteiger partial charge < -0.3 is 15.5 Å². The van der Waals surface area contributed by atoms with Crippen molar-refractivity contribution in [2.24, 2.45) is 0 Å². The Hall–Kier alpha value is -2.27. The zero-order valence-electron chi connectivity index (χ0n) is 11.8. The van der Waals surface area contributed by atoms with Crippen LogP contribution in [0.3, 0.4) is 0 Å². The normalized spacial score (nSPS) is 11.2. The summed E-state index contributed by atoms with van der Waals surface area (Å²) < 4.78 is 0. The van der Waals surface area contributed by atoms with Gasteiger partial charge in [-0.15, -0.1) is 11.3 Å². The molecule has 0 fully saturated rings. The lowest BCUT2D eigenvalue weighted by atomic mass is 10.0. The molecule has 0 bridgehead atoms. The first-order chi connectivity index (χ1) is 10.0. The molecule has 0 spiro atoms. The van der Waals surface area contributed by atoms with Crippen LogP contribution in [0, 0.1) is 0 Å². The number of nitrogens with zero attached hydrogens (tertiary/aromatic N) is 1. The van der Waals surface area contributed by atoms with Gasteiger partial charge in [-0.05, 0) is 49.6 Å². The van der Waals surface area contributed by atoms with Gasteiger partial charge in [-0.2, -0.15) is 0 Å². The third-order valence-electron chi connectivity index (χ3n) is 3.13. The number of anilines is 1. The molecule has 108 valence electrons. The van der Waals surface area contributed by atoms with E-state index in [1.54, 1.807) is 24.3 Å². The number of nitrogens with one attached hydrogen (secondary N) is 1. The molecule has 0 aliphatic carbocycles. The Morgan fingerprint density at radius 2 is 1.95 bits per heavy atom. The fourth-order valence-electron chi connectivity index (χ4n) is 2.20. The lowest BCUT2D eigenvalue weighted by molar-refractivity contribution is 0.475. The third-order valence-corrected chi connectivity index (χ3v) is 3.90. The maximum absolute atomic E-state index is 10.1. The second kappa shape index (κ2) is 5.26. The minimum absolute atomic E-state index is 0.180. The molecular formula is C16H16N2O2S. The first kappa shape index (κ1) is 13.7. The first-order valence-electron chi connectivity index (χ1n) is 6.71. The molecule has 3 N–H and O–H groups in total. The Balaban J connectivity index is 2.06. The Morgan fingerprint density at radius 3 is 2.71 bits per heavy atom. The van der Waals surface area contributed by atoms with Crippen molar-refractivity contribution in [3.8, 4) is 22.8 Å². The topological polar surface area (TPSA) is 65.4 Å². The molecule has 0 amide bonds. The highest BCUT2D eigenvalue weighted by atomic mass is 32.1. The van der Waals surface area contributed by atoms with Gasteiger partial charge in [0, 0.05) is 22.4 Å². The van der Waals surface area contributed by atoms with Crippen LogP contribution >= 0.6 is 11.3 Å². The monoisotopic (exact) mass is 300 g/mol. The molecule has 1 heterocycles. The van der Waals surface area contributed by atoms with Gasteiger partial charge in [-0.1, -0.05) is 0 Å². The SMILES string of the molecule is CC(C)Nc1nc(-c2cc(O)c3ccc(O)cc3c2)cs1. The minimum Gasteiger partial charge on any atom is -0.508 e. The van der Waals surface area contributed by atoms with Gasteiger partial charge in [0.2, 0.25) is 0 Å². The maximum Gasteiger partial charge on any atom is 0.183 e. The highest BCUT2D eigenvalue weighted by Crippen LogP contribution is 2.34. The van der Waals surface area contributed by atoms with Crippen LogP contribution in [0.2, 0.25) is 0 Å². The highest BCUT2D eigenvalue weighted by Gasteiger charge is 2.09. The number of hydrogen-bond donors (Lipinski definition) is 3. The van der Waals surface area contributed by atoms with Gasteiger partial charge in [-0.3, -0.25) is 0 Å². The van der Waals surface area contributed by atoms with Crippen LogP contribution in [0.5, 0.6) is 11.5 Å². The summed E-state index contributed by atoms with van der Waals surface area (Å²) in [4.78, 5) is 4.52. The molecule has 3 aromatic rings. The number of phenolic OH excluding ortho intramolecular Hbond substituents is 2. The van der Waals surface area contributed by atoms with E-state index in [1.165, 1.54) is 11.3 Å². The molecule has 1 aromatic heterocycles. The van der Waals surface area contributed by atoms with Crippen molar-refractivity contribution in [2.45, 2.75) is 19.9 Å². The van der Waals surface area contributed by atoms with Crippen molar-refractivity contribution in [2.75, 3.05) is 5.32 Å². The number of benzene rings is 2. The summed E-state index contributed by atoms with van der Waals surface area (Å²) in [5, 5.41) is 27.3. The van der Waals surface area contributed by atoms with Gasteiger partial charge in [0.25, 0.3) is 0 Å². The van der Waals surface area contributed by atoms with E-state index in [9.17, 15) is 10.2 Å². The average Bonchev–Trinajstić information content (AvgIpc) is 2.85. The van der Waals surface area contributed by atoms with Crippen molar-refractivity contribution in [3.05, 3.63) is 35.7 Å². The van der Waals surface area contributed by atoms with Crippen molar-refractivity contribution in [1.29, 1.82) is 0 Å². The molecule has 0 unspecified atom stereocenters. The van der Waals surface area contributed by atoms with E-state index in [0.29, 0.717) is 11.4 Å². The Kier molecular flexibility index (Phi) is 3.43. The number of hydrogen-bond acceptors (Lipinski definition) is 5. The average molecular weight is 300 g/mol. The molecule has 21 heavy (non-hydrogen) atoms. The summed E-state index contributed by atoms with van der Waals surface area (Å²) in [6.07, 6.45) is 0. The Bertz CT molecular complexity index is 796. The molecule has 0 radical (unpaired) electrons. The Morgan fingerprint density at radius 1 is 1.14 bits per heavy atom. The van der Waals surface area contributed by atoms with E-state index >= 15 is 0 Å². The van der Waals surface area contributed by atoms with Crippen molar-refractivity contribution in [1.82, 2.24) is 4.98 Å². The quantitative estimate of drug-likeness (QED) is 0.678. The number of aromatic hydroxyl groups is 2. The molecule has 3 rings (SSSR count). The smallest absolute Gasteiger partial charge is 0.183 e. The van der Waals surface area contributed by atoms with E-state index in [-0.39, 0.29) is 11.5 Å². The zero-order valence-corrected chi connectivity index (χ0v) is 12.6. The first-order valence-corrected chi connectivity index (χ1v) is 7.59. The number of phenols is 2. The fraction of sp³-hybridized carbons (Fsp3) is 0.188. The van der Waals surface area contributed by atoms with Crippen LogP contribution in [0.25, 0.3) is 22.0 Å². The maximum atomic E-state index is 10.1. The summed E-state index contributed by atoms with van der Waals surface area (Å²) in [5.74, 6) is 0.369.